The molecule has 0 aliphatic heterocycles. The van der Waals surface area contributed by atoms with Crippen LogP contribution in [-0.2, 0) is 4.57 Å². The number of nitrogens with zero attached hydrogens (tertiary/aromatic N) is 3. The van der Waals surface area contributed by atoms with Crippen LogP contribution in [0.4, 0.5) is 8.78 Å². The van der Waals surface area contributed by atoms with Gasteiger partial charge in [0, 0.05) is 10.6 Å². The molecule has 44 heavy (non-hydrogen) atoms. The second-order valence-corrected chi connectivity index (χ2v) is 12.8. The van der Waals surface area contributed by atoms with E-state index in [0.29, 0.717) is 22.1 Å². The van der Waals surface area contributed by atoms with Gasteiger partial charge in [0.1, 0.15) is 23.1 Å². The Morgan fingerprint density at radius 2 is 1.09 bits per heavy atom. The normalized spacial score (nSPS) is 11.3. The molecular weight excluding hydrogens is 579 g/mol. The second kappa shape index (κ2) is 12.2. The molecule has 0 N–H and O–H groups in total. The molecule has 0 unspecified atom stereocenters. The monoisotopic (exact) mass is 605 g/mol. The van der Waals surface area contributed by atoms with Crippen molar-refractivity contribution in [2.75, 3.05) is 0 Å². The molecule has 218 valence electrons. The quantitative estimate of drug-likeness (QED) is 0.166. The molecule has 0 atom stereocenters. The van der Waals surface area contributed by atoms with E-state index in [-0.39, 0.29) is 23.4 Å². The van der Waals surface area contributed by atoms with Crippen molar-refractivity contribution in [2.24, 2.45) is 0 Å². The summed E-state index contributed by atoms with van der Waals surface area (Å²) in [6.45, 7) is 3.67. The number of aromatic nitrogens is 3. The minimum atomic E-state index is -4.07. The van der Waals surface area contributed by atoms with Crippen molar-refractivity contribution in [3.63, 3.8) is 0 Å². The van der Waals surface area contributed by atoms with E-state index in [4.69, 9.17) is 9.47 Å². The molecule has 0 saturated carbocycles. The maximum Gasteiger partial charge on any atom is 0.328 e. The van der Waals surface area contributed by atoms with Crippen LogP contribution in [0.3, 0.4) is 0 Å². The van der Waals surface area contributed by atoms with E-state index in [1.807, 2.05) is 38.1 Å². The molecule has 0 spiro atoms. The van der Waals surface area contributed by atoms with Gasteiger partial charge in [-0.1, -0.05) is 83.9 Å². The Hall–Kier alpha value is -5.20. The molecule has 0 aliphatic carbocycles. The fourth-order valence-electron chi connectivity index (χ4n) is 4.79. The number of ether oxygens (including phenoxy) is 2. The SMILES string of the molecule is Cc1cccc(P(=O)(c2cccc(C)c2)c2c(F)ccc(-c3nc(Oc4ccccc4)nc(Oc4ccccc4)n3)c2F)c1. The topological polar surface area (TPSA) is 74.2 Å². The van der Waals surface area contributed by atoms with Crippen LogP contribution in [0, 0.1) is 25.5 Å². The lowest BCUT2D eigenvalue weighted by atomic mass is 10.2. The molecule has 0 amide bonds. The van der Waals surface area contributed by atoms with Gasteiger partial charge >= 0.3 is 12.0 Å². The Morgan fingerprint density at radius 3 is 1.57 bits per heavy atom. The van der Waals surface area contributed by atoms with Crippen molar-refractivity contribution in [2.45, 2.75) is 13.8 Å². The Labute approximate surface area is 253 Å². The minimum Gasteiger partial charge on any atom is -0.424 e. The first kappa shape index (κ1) is 28.9. The number of para-hydroxylation sites is 2. The lowest BCUT2D eigenvalue weighted by Crippen LogP contribution is -2.30. The molecule has 9 heteroatoms. The van der Waals surface area contributed by atoms with Crippen LogP contribution < -0.4 is 25.4 Å². The third-order valence-corrected chi connectivity index (χ3v) is 9.90. The van der Waals surface area contributed by atoms with Gasteiger partial charge in [-0.25, -0.2) is 8.78 Å². The number of hydrogen-bond acceptors (Lipinski definition) is 6. The van der Waals surface area contributed by atoms with Gasteiger partial charge < -0.3 is 14.0 Å². The Kier molecular flexibility index (Phi) is 8.01. The van der Waals surface area contributed by atoms with Crippen LogP contribution in [0.1, 0.15) is 11.1 Å². The number of halogens is 2. The highest BCUT2D eigenvalue weighted by Gasteiger charge is 2.37. The molecule has 6 rings (SSSR count). The first-order chi connectivity index (χ1) is 21.3. The third kappa shape index (κ3) is 5.85. The van der Waals surface area contributed by atoms with Crippen molar-refractivity contribution >= 4 is 23.1 Å². The van der Waals surface area contributed by atoms with Crippen LogP contribution in [0.5, 0.6) is 23.5 Å². The van der Waals surface area contributed by atoms with Gasteiger partial charge in [-0.2, -0.15) is 9.97 Å². The Morgan fingerprint density at radius 1 is 0.591 bits per heavy atom. The van der Waals surface area contributed by atoms with Gasteiger partial charge in [0.05, 0.1) is 10.9 Å². The van der Waals surface area contributed by atoms with Crippen LogP contribution in [0.2, 0.25) is 0 Å². The van der Waals surface area contributed by atoms with Crippen LogP contribution in [-0.4, -0.2) is 15.0 Å². The molecule has 0 saturated heterocycles. The zero-order valence-electron chi connectivity index (χ0n) is 23.8. The standard InChI is InChI=1S/C35H26F2N3O3P/c1-23-11-9-17-27(21-23)44(41,28-18-10-12-24(2)22-28)32-30(36)20-19-29(31(32)37)33-38-34(42-25-13-5-3-6-14-25)40-35(39-33)43-26-15-7-4-8-16-26/h3-22H,1-2H3. The highest BCUT2D eigenvalue weighted by molar-refractivity contribution is 7.85. The summed E-state index contributed by atoms with van der Waals surface area (Å²) in [5.74, 6) is -1.33. The number of hydrogen-bond donors (Lipinski definition) is 0. The molecular formula is C35H26F2N3O3P. The third-order valence-electron chi connectivity index (χ3n) is 6.85. The zero-order valence-corrected chi connectivity index (χ0v) is 24.7. The summed E-state index contributed by atoms with van der Waals surface area (Å²) >= 11 is 0. The Bertz CT molecular complexity index is 1900. The van der Waals surface area contributed by atoms with Crippen LogP contribution in [0.15, 0.2) is 121 Å². The van der Waals surface area contributed by atoms with Gasteiger partial charge in [0.25, 0.3) is 0 Å². The van der Waals surface area contributed by atoms with E-state index >= 15 is 13.3 Å². The summed E-state index contributed by atoms with van der Waals surface area (Å²) in [6, 6.07) is 33.3. The largest absolute Gasteiger partial charge is 0.424 e. The Balaban J connectivity index is 1.55. The predicted octanol–water partition coefficient (Wildman–Crippen LogP) is 7.66. The van der Waals surface area contributed by atoms with E-state index in [2.05, 4.69) is 15.0 Å². The molecule has 1 heterocycles. The summed E-state index contributed by atoms with van der Waals surface area (Å²) in [6.07, 6.45) is 0. The van der Waals surface area contributed by atoms with Gasteiger partial charge in [-0.3, -0.25) is 0 Å². The summed E-state index contributed by atoms with van der Waals surface area (Å²) in [5.41, 5.74) is 1.41. The van der Waals surface area contributed by atoms with Crippen molar-refractivity contribution < 1.29 is 22.8 Å². The molecule has 0 radical (unpaired) electrons. The van der Waals surface area contributed by atoms with Gasteiger partial charge in [-0.05, 0) is 62.4 Å². The molecule has 6 aromatic rings. The van der Waals surface area contributed by atoms with Gasteiger partial charge in [0.2, 0.25) is 0 Å². The maximum atomic E-state index is 16.8. The van der Waals surface area contributed by atoms with E-state index in [9.17, 15) is 0 Å². The lowest BCUT2D eigenvalue weighted by molar-refractivity contribution is 0.398. The summed E-state index contributed by atoms with van der Waals surface area (Å²) in [5, 5.41) is 0.0347. The molecule has 0 aliphatic rings. The van der Waals surface area contributed by atoms with Crippen LogP contribution >= 0.6 is 7.14 Å². The van der Waals surface area contributed by atoms with Crippen molar-refractivity contribution in [3.05, 3.63) is 144 Å². The van der Waals surface area contributed by atoms with E-state index < -0.39 is 24.1 Å². The summed E-state index contributed by atoms with van der Waals surface area (Å²) in [7, 11) is -4.07. The lowest BCUT2D eigenvalue weighted by Gasteiger charge is -2.22. The second-order valence-electron chi connectivity index (χ2n) is 10.1. The van der Waals surface area contributed by atoms with Crippen molar-refractivity contribution in [1.29, 1.82) is 0 Å². The molecule has 0 bridgehead atoms. The fraction of sp³-hybridized carbons (Fsp3) is 0.0571. The number of rotatable bonds is 8. The number of benzene rings is 5. The van der Waals surface area contributed by atoms with Crippen molar-refractivity contribution in [3.8, 4) is 34.9 Å². The average Bonchev–Trinajstić information content (AvgIpc) is 3.02. The smallest absolute Gasteiger partial charge is 0.328 e. The van der Waals surface area contributed by atoms with Gasteiger partial charge in [0.15, 0.2) is 13.0 Å². The highest BCUT2D eigenvalue weighted by Crippen LogP contribution is 2.45. The van der Waals surface area contributed by atoms with E-state index in [0.717, 1.165) is 17.2 Å². The summed E-state index contributed by atoms with van der Waals surface area (Å²) < 4.78 is 59.5. The molecule has 6 nitrogen and oxygen atoms in total. The number of aryl methyl sites for hydroxylation is 2. The molecule has 0 fully saturated rings. The van der Waals surface area contributed by atoms with Crippen molar-refractivity contribution in [1.82, 2.24) is 15.0 Å². The first-order valence-electron chi connectivity index (χ1n) is 13.8. The van der Waals surface area contributed by atoms with Crippen LogP contribution in [0.25, 0.3) is 11.4 Å². The summed E-state index contributed by atoms with van der Waals surface area (Å²) in [4.78, 5) is 13.0. The average molecular weight is 606 g/mol. The highest BCUT2D eigenvalue weighted by atomic mass is 31.2. The van der Waals surface area contributed by atoms with E-state index in [1.165, 1.54) is 6.07 Å². The molecule has 1 aromatic heterocycles. The zero-order chi connectivity index (χ0) is 30.7. The first-order valence-corrected chi connectivity index (χ1v) is 15.5. The minimum absolute atomic E-state index is 0.169. The maximum absolute atomic E-state index is 16.8. The molecule has 5 aromatic carbocycles. The van der Waals surface area contributed by atoms with Gasteiger partial charge in [-0.15, -0.1) is 4.98 Å². The fourth-order valence-corrected chi connectivity index (χ4v) is 7.74. The predicted molar refractivity (Wildman–Crippen MR) is 167 cm³/mol. The van der Waals surface area contributed by atoms with E-state index in [1.54, 1.807) is 84.9 Å².